The molecular weight excluding hydrogens is 568 g/mol. The average molecular weight is 615 g/mol. The summed E-state index contributed by atoms with van der Waals surface area (Å²) < 4.78 is 32.5. The van der Waals surface area contributed by atoms with Crippen LogP contribution >= 0.6 is 11.8 Å². The van der Waals surface area contributed by atoms with Gasteiger partial charge in [0.05, 0.1) is 24.2 Å². The second-order valence-corrected chi connectivity index (χ2v) is 16.3. The van der Waals surface area contributed by atoms with Crippen molar-refractivity contribution in [3.63, 3.8) is 0 Å². The Labute approximate surface area is 259 Å². The standard InChI is InChI=1S/C34H46O8S/c1-18(25-16-32(7)29(3,4)41-33(39-25,42-32)17-27(37)43-8)34-26(40-34)15-23-28-22(10-12-31(23,34)6)30(5)11-9-21(36)13-20(30)14-24(28)38-19(2)35/h9,11,13,18,22-26,28H,10,12,14-17H2,1-8H3/t18-,22+,23+,24-,25-,26+,28-,30+,31+,32-,33+,34+/m1/s1. The Morgan fingerprint density at radius 3 is 2.56 bits per heavy atom. The van der Waals surface area contributed by atoms with Crippen LogP contribution in [0, 0.1) is 34.5 Å². The Hall–Kier alpha value is -1.52. The highest BCUT2D eigenvalue weighted by molar-refractivity contribution is 8.13. The summed E-state index contributed by atoms with van der Waals surface area (Å²) in [4.78, 5) is 37.4. The number of thioether (sulfide) groups is 1. The van der Waals surface area contributed by atoms with Crippen LogP contribution in [0.3, 0.4) is 0 Å². The van der Waals surface area contributed by atoms with E-state index < -0.39 is 17.2 Å². The Bertz CT molecular complexity index is 1340. The first-order chi connectivity index (χ1) is 20.0. The number of esters is 1. The van der Waals surface area contributed by atoms with Gasteiger partial charge in [0.2, 0.25) is 0 Å². The van der Waals surface area contributed by atoms with Gasteiger partial charge in [-0.2, -0.15) is 0 Å². The van der Waals surface area contributed by atoms with Crippen molar-refractivity contribution < 1.29 is 38.1 Å². The van der Waals surface area contributed by atoms with Gasteiger partial charge in [0.1, 0.15) is 17.3 Å². The highest BCUT2D eigenvalue weighted by atomic mass is 32.2. The smallest absolute Gasteiger partial charge is 0.302 e. The third-order valence-electron chi connectivity index (χ3n) is 13.2. The summed E-state index contributed by atoms with van der Waals surface area (Å²) in [5.41, 5.74) is -0.915. The fourth-order valence-corrected chi connectivity index (χ4v) is 11.0. The predicted molar refractivity (Wildman–Crippen MR) is 160 cm³/mol. The lowest BCUT2D eigenvalue weighted by Gasteiger charge is -2.60. The number of fused-ring (bicyclic) bond motifs is 9. The molecule has 3 saturated carbocycles. The normalized spacial score (nSPS) is 51.0. The van der Waals surface area contributed by atoms with Crippen molar-refractivity contribution in [1.29, 1.82) is 0 Å². The van der Waals surface area contributed by atoms with Crippen LogP contribution in [0.1, 0.15) is 87.0 Å². The van der Waals surface area contributed by atoms with E-state index in [2.05, 4.69) is 33.8 Å². The summed E-state index contributed by atoms with van der Waals surface area (Å²) >= 11 is 1.16. The molecule has 7 rings (SSSR count). The molecule has 3 saturated heterocycles. The lowest BCUT2D eigenvalue weighted by molar-refractivity contribution is -0.393. The first kappa shape index (κ1) is 30.2. The maximum absolute atomic E-state index is 12.6. The molecule has 7 aliphatic rings. The molecule has 3 heterocycles. The predicted octanol–water partition coefficient (Wildman–Crippen LogP) is 5.53. The summed E-state index contributed by atoms with van der Waals surface area (Å²) in [6.07, 6.45) is 11.1. The Balaban J connectivity index is 1.22. The van der Waals surface area contributed by atoms with Gasteiger partial charge in [0.15, 0.2) is 10.9 Å². The third-order valence-corrected chi connectivity index (χ3v) is 13.8. The van der Waals surface area contributed by atoms with Crippen LogP contribution in [0.2, 0.25) is 0 Å². The van der Waals surface area contributed by atoms with Crippen LogP contribution in [0.4, 0.5) is 0 Å². The largest absolute Gasteiger partial charge is 0.462 e. The van der Waals surface area contributed by atoms with Gasteiger partial charge in [-0.25, -0.2) is 0 Å². The van der Waals surface area contributed by atoms with E-state index in [-0.39, 0.29) is 75.8 Å². The van der Waals surface area contributed by atoms with Gasteiger partial charge in [-0.15, -0.1) is 0 Å². The maximum atomic E-state index is 12.6. The van der Waals surface area contributed by atoms with Gasteiger partial charge in [0, 0.05) is 42.4 Å². The van der Waals surface area contributed by atoms with Crippen molar-refractivity contribution in [2.75, 3.05) is 6.26 Å². The summed E-state index contributed by atoms with van der Waals surface area (Å²) in [5, 5.41) is -0.0348. The molecule has 0 aromatic heterocycles. The zero-order valence-electron chi connectivity index (χ0n) is 26.7. The van der Waals surface area contributed by atoms with Crippen LogP contribution in [0.25, 0.3) is 0 Å². The fraction of sp³-hybridized carbons (Fsp3) is 0.794. The fourth-order valence-electron chi connectivity index (χ4n) is 10.7. The molecular formula is C34H46O8S. The minimum Gasteiger partial charge on any atom is -0.462 e. The quantitative estimate of drug-likeness (QED) is 0.292. The van der Waals surface area contributed by atoms with Crippen molar-refractivity contribution in [3.05, 3.63) is 23.8 Å². The SMILES string of the molecule is CSC(=O)C[C@@]12O[C@@H]([C@@H](C)[C@]34O[C@H]3C[C@H]3[C@@H]5[C@H](OC(C)=O)CC6=CC(=O)C=C[C@]6(C)[C@H]5CC[C@@]34C)C[C@@](C)(O1)C(C)(C)O2. The monoisotopic (exact) mass is 614 g/mol. The lowest BCUT2D eigenvalue weighted by atomic mass is 9.46. The van der Waals surface area contributed by atoms with Crippen molar-refractivity contribution in [3.8, 4) is 0 Å². The highest BCUT2D eigenvalue weighted by Crippen LogP contribution is 2.76. The summed E-state index contributed by atoms with van der Waals surface area (Å²) in [6, 6.07) is 0. The topological polar surface area (TPSA) is 101 Å². The van der Waals surface area contributed by atoms with Crippen LogP contribution in [-0.4, -0.2) is 64.2 Å². The van der Waals surface area contributed by atoms with E-state index in [1.807, 2.05) is 13.8 Å². The van der Waals surface area contributed by atoms with Gasteiger partial charge >= 0.3 is 5.97 Å². The van der Waals surface area contributed by atoms with Crippen molar-refractivity contribution in [1.82, 2.24) is 0 Å². The number of epoxide rings is 1. The summed E-state index contributed by atoms with van der Waals surface area (Å²) in [5.74, 6) is -0.893. The van der Waals surface area contributed by atoms with E-state index >= 15 is 0 Å². The van der Waals surface area contributed by atoms with Crippen LogP contribution < -0.4 is 0 Å². The number of ketones is 1. The average Bonchev–Trinajstić information content (AvgIpc) is 3.55. The molecule has 0 unspecified atom stereocenters. The molecule has 3 aliphatic heterocycles. The van der Waals surface area contributed by atoms with Crippen LogP contribution in [0.15, 0.2) is 23.8 Å². The molecule has 0 aromatic rings. The number of hydrogen-bond acceptors (Lipinski definition) is 9. The Kier molecular flexibility index (Phi) is 6.50. The molecule has 0 aromatic carbocycles. The van der Waals surface area contributed by atoms with E-state index in [0.717, 1.165) is 36.6 Å². The van der Waals surface area contributed by atoms with E-state index in [0.29, 0.717) is 18.8 Å². The summed E-state index contributed by atoms with van der Waals surface area (Å²) in [7, 11) is 0. The first-order valence-electron chi connectivity index (χ1n) is 16.0. The van der Waals surface area contributed by atoms with Crippen LogP contribution in [-0.2, 0) is 38.1 Å². The van der Waals surface area contributed by atoms with E-state index in [1.165, 1.54) is 6.92 Å². The van der Waals surface area contributed by atoms with Gasteiger partial charge in [-0.3, -0.25) is 14.4 Å². The third kappa shape index (κ3) is 4.00. The number of carbonyl (C=O) groups excluding carboxylic acids is 3. The van der Waals surface area contributed by atoms with E-state index in [9.17, 15) is 14.4 Å². The molecule has 0 N–H and O–H groups in total. The second-order valence-electron chi connectivity index (χ2n) is 15.5. The van der Waals surface area contributed by atoms with Gasteiger partial charge in [-0.1, -0.05) is 44.2 Å². The molecule has 0 radical (unpaired) electrons. The molecule has 6 fully saturated rings. The maximum Gasteiger partial charge on any atom is 0.302 e. The van der Waals surface area contributed by atoms with E-state index in [1.54, 1.807) is 18.4 Å². The minimum absolute atomic E-state index is 0.0136. The molecule has 43 heavy (non-hydrogen) atoms. The zero-order valence-corrected chi connectivity index (χ0v) is 27.5. The van der Waals surface area contributed by atoms with Gasteiger partial charge in [-0.05, 0) is 70.3 Å². The first-order valence-corrected chi connectivity index (χ1v) is 17.2. The highest BCUT2D eigenvalue weighted by Gasteiger charge is 2.81. The van der Waals surface area contributed by atoms with Crippen molar-refractivity contribution >= 4 is 28.6 Å². The van der Waals surface area contributed by atoms with Crippen molar-refractivity contribution in [2.24, 2.45) is 34.5 Å². The molecule has 0 spiro atoms. The molecule has 236 valence electrons. The lowest BCUT2D eigenvalue weighted by Crippen LogP contribution is -2.60. The molecule has 8 nitrogen and oxygen atoms in total. The number of allylic oxidation sites excluding steroid dienone is 3. The minimum atomic E-state index is -1.40. The Morgan fingerprint density at radius 1 is 1.12 bits per heavy atom. The van der Waals surface area contributed by atoms with Gasteiger partial charge < -0.3 is 23.7 Å². The number of carbonyl (C=O) groups is 3. The molecule has 4 aliphatic carbocycles. The molecule has 9 heteroatoms. The van der Waals surface area contributed by atoms with Crippen molar-refractivity contribution in [2.45, 2.75) is 128 Å². The number of rotatable bonds is 5. The second kappa shape index (κ2) is 9.27. The van der Waals surface area contributed by atoms with Crippen LogP contribution in [0.5, 0.6) is 0 Å². The summed E-state index contributed by atoms with van der Waals surface area (Å²) in [6.45, 7) is 14.5. The molecule has 2 bridgehead atoms. The molecule has 0 amide bonds. The van der Waals surface area contributed by atoms with E-state index in [4.69, 9.17) is 23.7 Å². The zero-order chi connectivity index (χ0) is 31.0. The number of ether oxygens (including phenoxy) is 5. The Morgan fingerprint density at radius 2 is 1.86 bits per heavy atom. The number of hydrogen-bond donors (Lipinski definition) is 0. The molecule has 12 atom stereocenters. The van der Waals surface area contributed by atoms with Gasteiger partial charge in [0.25, 0.3) is 5.97 Å².